The lowest BCUT2D eigenvalue weighted by Crippen LogP contribution is -2.43. The quantitative estimate of drug-likeness (QED) is 0.532. The highest BCUT2D eigenvalue weighted by molar-refractivity contribution is 9.10. The Bertz CT molecular complexity index is 533. The fourth-order valence-corrected chi connectivity index (χ4v) is 1.85. The second-order valence-electron chi connectivity index (χ2n) is 3.44. The summed E-state index contributed by atoms with van der Waals surface area (Å²) < 4.78 is -0.0559. The Kier molecular flexibility index (Phi) is 4.95. The van der Waals surface area contributed by atoms with E-state index in [0.29, 0.717) is 0 Å². The first-order valence-corrected chi connectivity index (χ1v) is 5.75. The van der Waals surface area contributed by atoms with Gasteiger partial charge in [-0.05, 0) is 22.0 Å². The van der Waals surface area contributed by atoms with Crippen LogP contribution < -0.4 is 5.32 Å². The number of nitro groups is 1. The minimum absolute atomic E-state index is 0.0559. The van der Waals surface area contributed by atoms with Crippen LogP contribution in [0.2, 0.25) is 0 Å². The fourth-order valence-electron chi connectivity index (χ4n) is 1.26. The molecule has 0 heterocycles. The molecule has 1 aromatic carbocycles. The zero-order chi connectivity index (χ0) is 14.6. The number of hydrogen-bond acceptors (Lipinski definition) is 5. The SMILES string of the molecule is O=C(N[C@H](CO)C(=O)O)c1cccc([N+](=O)[O-])c1Br. The Morgan fingerprint density at radius 3 is 2.58 bits per heavy atom. The van der Waals surface area contributed by atoms with E-state index in [1.807, 2.05) is 5.32 Å². The molecule has 1 amide bonds. The van der Waals surface area contributed by atoms with Gasteiger partial charge in [0.25, 0.3) is 11.6 Å². The van der Waals surface area contributed by atoms with Gasteiger partial charge in [-0.3, -0.25) is 14.9 Å². The maximum absolute atomic E-state index is 11.8. The highest BCUT2D eigenvalue weighted by Crippen LogP contribution is 2.28. The molecule has 0 spiro atoms. The standard InChI is InChI=1S/C10H9BrN2O6/c11-8-5(2-1-3-7(8)13(18)19)9(15)12-6(4-14)10(16)17/h1-3,6,14H,4H2,(H,12,15)(H,16,17)/t6-/m1/s1. The van der Waals surface area contributed by atoms with Gasteiger partial charge in [0.2, 0.25) is 0 Å². The Balaban J connectivity index is 3.04. The summed E-state index contributed by atoms with van der Waals surface area (Å²) in [5.74, 6) is -2.24. The molecule has 1 atom stereocenters. The van der Waals surface area contributed by atoms with Crippen molar-refractivity contribution in [2.24, 2.45) is 0 Å². The van der Waals surface area contributed by atoms with Crippen LogP contribution in [-0.2, 0) is 4.79 Å². The number of carboxylic acids is 1. The lowest BCUT2D eigenvalue weighted by molar-refractivity contribution is -0.385. The van der Waals surface area contributed by atoms with Gasteiger partial charge in [0.1, 0.15) is 4.47 Å². The first-order chi connectivity index (χ1) is 8.88. The number of rotatable bonds is 5. The maximum Gasteiger partial charge on any atom is 0.328 e. The van der Waals surface area contributed by atoms with E-state index in [0.717, 1.165) is 0 Å². The minimum Gasteiger partial charge on any atom is -0.480 e. The van der Waals surface area contributed by atoms with E-state index in [1.165, 1.54) is 18.2 Å². The number of nitrogens with zero attached hydrogens (tertiary/aromatic N) is 1. The molecule has 0 radical (unpaired) electrons. The number of carboxylic acid groups (broad SMARTS) is 1. The van der Waals surface area contributed by atoms with Gasteiger partial charge in [0.05, 0.1) is 17.1 Å². The number of carbonyl (C=O) groups excluding carboxylic acids is 1. The van der Waals surface area contributed by atoms with E-state index in [4.69, 9.17) is 10.2 Å². The summed E-state index contributed by atoms with van der Waals surface area (Å²) in [6.07, 6.45) is 0. The number of nitrogens with one attached hydrogen (secondary N) is 1. The molecule has 0 saturated heterocycles. The van der Waals surface area contributed by atoms with Crippen LogP contribution in [0.4, 0.5) is 5.69 Å². The van der Waals surface area contributed by atoms with Crippen LogP contribution in [0.25, 0.3) is 0 Å². The van der Waals surface area contributed by atoms with Crippen molar-refractivity contribution in [2.75, 3.05) is 6.61 Å². The Labute approximate surface area is 115 Å². The zero-order valence-electron chi connectivity index (χ0n) is 9.37. The molecule has 102 valence electrons. The Hall–Kier alpha value is -2.00. The summed E-state index contributed by atoms with van der Waals surface area (Å²) in [4.78, 5) is 32.5. The lowest BCUT2D eigenvalue weighted by atomic mass is 10.1. The van der Waals surface area contributed by atoms with Crippen molar-refractivity contribution in [2.45, 2.75) is 6.04 Å². The van der Waals surface area contributed by atoms with Gasteiger partial charge in [-0.25, -0.2) is 4.79 Å². The minimum atomic E-state index is -1.47. The normalized spacial score (nSPS) is 11.7. The molecule has 0 aliphatic rings. The van der Waals surface area contributed by atoms with Crippen molar-refractivity contribution in [3.63, 3.8) is 0 Å². The summed E-state index contributed by atoms with van der Waals surface area (Å²) in [6, 6.07) is 2.32. The van der Waals surface area contributed by atoms with Crippen LogP contribution in [0.15, 0.2) is 22.7 Å². The molecule has 1 rings (SSSR count). The Morgan fingerprint density at radius 1 is 1.47 bits per heavy atom. The molecule has 0 aliphatic heterocycles. The number of hydrogen-bond donors (Lipinski definition) is 3. The van der Waals surface area contributed by atoms with E-state index >= 15 is 0 Å². The molecule has 9 heteroatoms. The van der Waals surface area contributed by atoms with Gasteiger partial charge in [-0.2, -0.15) is 0 Å². The second-order valence-corrected chi connectivity index (χ2v) is 4.24. The van der Waals surface area contributed by atoms with E-state index in [9.17, 15) is 19.7 Å². The number of benzene rings is 1. The van der Waals surface area contributed by atoms with Crippen molar-refractivity contribution in [1.29, 1.82) is 0 Å². The molecule has 0 fully saturated rings. The smallest absolute Gasteiger partial charge is 0.328 e. The first kappa shape index (κ1) is 15.1. The number of halogens is 1. The maximum atomic E-state index is 11.8. The zero-order valence-corrected chi connectivity index (χ0v) is 11.0. The van der Waals surface area contributed by atoms with E-state index in [2.05, 4.69) is 15.9 Å². The average molecular weight is 333 g/mol. The predicted octanol–water partition coefficient (Wildman–Crippen LogP) is 0.533. The summed E-state index contributed by atoms with van der Waals surface area (Å²) in [7, 11) is 0. The number of carbonyl (C=O) groups is 2. The van der Waals surface area contributed by atoms with Crippen molar-refractivity contribution in [3.05, 3.63) is 38.3 Å². The van der Waals surface area contributed by atoms with Crippen LogP contribution in [-0.4, -0.2) is 39.7 Å². The summed E-state index contributed by atoms with van der Waals surface area (Å²) in [5, 5.41) is 30.2. The van der Waals surface area contributed by atoms with Crippen molar-refractivity contribution < 1.29 is 24.7 Å². The largest absolute Gasteiger partial charge is 0.480 e. The average Bonchev–Trinajstić information content (AvgIpc) is 2.35. The molecule has 0 aromatic heterocycles. The van der Waals surface area contributed by atoms with Gasteiger partial charge >= 0.3 is 5.97 Å². The van der Waals surface area contributed by atoms with Crippen LogP contribution in [0, 0.1) is 10.1 Å². The summed E-state index contributed by atoms with van der Waals surface area (Å²) in [5.41, 5.74) is -0.405. The highest BCUT2D eigenvalue weighted by atomic mass is 79.9. The lowest BCUT2D eigenvalue weighted by Gasteiger charge is -2.12. The van der Waals surface area contributed by atoms with E-state index in [-0.39, 0.29) is 15.7 Å². The summed E-state index contributed by atoms with van der Waals surface area (Å²) >= 11 is 2.92. The number of aliphatic carboxylic acids is 1. The van der Waals surface area contributed by atoms with Crippen molar-refractivity contribution in [1.82, 2.24) is 5.32 Å². The van der Waals surface area contributed by atoms with Crippen molar-refractivity contribution >= 4 is 33.5 Å². The number of aliphatic hydroxyl groups excluding tert-OH is 1. The van der Waals surface area contributed by atoms with E-state index < -0.39 is 29.4 Å². The second kappa shape index (κ2) is 6.25. The van der Waals surface area contributed by atoms with Crippen LogP contribution in [0.1, 0.15) is 10.4 Å². The van der Waals surface area contributed by atoms with E-state index in [1.54, 1.807) is 0 Å². The molecule has 3 N–H and O–H groups in total. The predicted molar refractivity (Wildman–Crippen MR) is 66.8 cm³/mol. The van der Waals surface area contributed by atoms with Gasteiger partial charge in [-0.1, -0.05) is 6.07 Å². The monoisotopic (exact) mass is 332 g/mol. The highest BCUT2D eigenvalue weighted by Gasteiger charge is 2.23. The van der Waals surface area contributed by atoms with Crippen LogP contribution in [0.5, 0.6) is 0 Å². The van der Waals surface area contributed by atoms with Crippen molar-refractivity contribution in [3.8, 4) is 0 Å². The van der Waals surface area contributed by atoms with Gasteiger partial charge in [-0.15, -0.1) is 0 Å². The van der Waals surface area contributed by atoms with Gasteiger partial charge in [0, 0.05) is 6.07 Å². The van der Waals surface area contributed by atoms with Crippen LogP contribution >= 0.6 is 15.9 Å². The third kappa shape index (κ3) is 3.48. The number of nitro benzene ring substituents is 1. The Morgan fingerprint density at radius 2 is 2.11 bits per heavy atom. The molecular weight excluding hydrogens is 324 g/mol. The summed E-state index contributed by atoms with van der Waals surface area (Å²) in [6.45, 7) is -0.784. The number of amides is 1. The molecule has 0 aliphatic carbocycles. The molecule has 0 bridgehead atoms. The van der Waals surface area contributed by atoms with Gasteiger partial charge in [0.15, 0.2) is 6.04 Å². The molecule has 0 saturated carbocycles. The fraction of sp³-hybridized carbons (Fsp3) is 0.200. The molecule has 19 heavy (non-hydrogen) atoms. The number of aliphatic hydroxyl groups is 1. The molecular formula is C10H9BrN2O6. The van der Waals surface area contributed by atoms with Crippen LogP contribution in [0.3, 0.4) is 0 Å². The molecule has 1 aromatic rings. The molecule has 8 nitrogen and oxygen atoms in total. The first-order valence-electron chi connectivity index (χ1n) is 4.96. The molecule has 0 unspecified atom stereocenters. The third-order valence-electron chi connectivity index (χ3n) is 2.21. The van der Waals surface area contributed by atoms with Gasteiger partial charge < -0.3 is 15.5 Å². The topological polar surface area (TPSA) is 130 Å². The third-order valence-corrected chi connectivity index (χ3v) is 3.04.